The second kappa shape index (κ2) is 8.52. The molecular formula is C32H52O. The molecule has 186 valence electrons. The Labute approximate surface area is 204 Å². The van der Waals surface area contributed by atoms with Crippen molar-refractivity contribution in [3.05, 3.63) is 0 Å². The molecule has 0 aromatic carbocycles. The summed E-state index contributed by atoms with van der Waals surface area (Å²) in [6.07, 6.45) is 27.0. The molecule has 11 unspecified atom stereocenters. The number of rotatable bonds is 3. The summed E-state index contributed by atoms with van der Waals surface area (Å²) in [7, 11) is 1.98. The van der Waals surface area contributed by atoms with Crippen molar-refractivity contribution in [2.45, 2.75) is 122 Å². The second-order valence-corrected chi connectivity index (χ2v) is 14.7. The maximum absolute atomic E-state index is 5.93. The Kier molecular flexibility index (Phi) is 5.73. The molecule has 0 aliphatic heterocycles. The third kappa shape index (κ3) is 3.32. The second-order valence-electron chi connectivity index (χ2n) is 14.7. The summed E-state index contributed by atoms with van der Waals surface area (Å²) in [6, 6.07) is 0. The van der Waals surface area contributed by atoms with Crippen molar-refractivity contribution in [1.82, 2.24) is 0 Å². The molecule has 7 aliphatic rings. The van der Waals surface area contributed by atoms with E-state index in [0.717, 1.165) is 70.5 Å². The van der Waals surface area contributed by atoms with E-state index in [1.165, 1.54) is 19.3 Å². The first-order chi connectivity index (χ1) is 16.2. The van der Waals surface area contributed by atoms with Crippen LogP contribution in [0.3, 0.4) is 0 Å². The smallest absolute Gasteiger partial charge is 0.0574 e. The third-order valence-electron chi connectivity index (χ3n) is 13.8. The Morgan fingerprint density at radius 2 is 1.21 bits per heavy atom. The summed E-state index contributed by atoms with van der Waals surface area (Å²) in [4.78, 5) is 0. The monoisotopic (exact) mass is 452 g/mol. The molecule has 7 aliphatic carbocycles. The normalized spacial score (nSPS) is 53.5. The fraction of sp³-hybridized carbons (Fsp3) is 1.00. The van der Waals surface area contributed by atoms with Crippen LogP contribution in [0.1, 0.15) is 116 Å². The van der Waals surface area contributed by atoms with Gasteiger partial charge in [-0.2, -0.15) is 0 Å². The molecule has 33 heavy (non-hydrogen) atoms. The number of methoxy groups -OCH3 is 1. The SMILES string of the molecule is COC1CCC2C(CCC3C2C2C4CCC(C)CC4CCC2C3C2(C3CCCC3)CCC2)C1. The number of ether oxygens (including phenoxy) is 1. The van der Waals surface area contributed by atoms with Gasteiger partial charge in [-0.3, -0.25) is 0 Å². The van der Waals surface area contributed by atoms with Crippen LogP contribution in [0.5, 0.6) is 0 Å². The minimum absolute atomic E-state index is 0.571. The van der Waals surface area contributed by atoms with Gasteiger partial charge in [0.05, 0.1) is 6.10 Å². The average Bonchev–Trinajstić information content (AvgIpc) is 3.45. The molecule has 0 spiro atoms. The molecule has 0 radical (unpaired) electrons. The maximum atomic E-state index is 5.93. The van der Waals surface area contributed by atoms with Crippen molar-refractivity contribution in [2.24, 2.45) is 70.5 Å². The molecule has 0 aromatic heterocycles. The number of fused-ring (bicyclic) bond motifs is 7. The molecule has 0 N–H and O–H groups in total. The molecule has 7 saturated carbocycles. The molecule has 0 heterocycles. The Balaban J connectivity index is 1.26. The van der Waals surface area contributed by atoms with Crippen LogP contribution in [0.25, 0.3) is 0 Å². The van der Waals surface area contributed by atoms with Crippen LogP contribution in [0.4, 0.5) is 0 Å². The van der Waals surface area contributed by atoms with Crippen LogP contribution in [0, 0.1) is 70.5 Å². The largest absolute Gasteiger partial charge is 0.381 e. The van der Waals surface area contributed by atoms with Gasteiger partial charge in [-0.25, -0.2) is 0 Å². The molecular weight excluding hydrogens is 400 g/mol. The van der Waals surface area contributed by atoms with Gasteiger partial charge in [-0.15, -0.1) is 0 Å². The van der Waals surface area contributed by atoms with Crippen molar-refractivity contribution in [3.8, 4) is 0 Å². The van der Waals surface area contributed by atoms with E-state index in [0.29, 0.717) is 6.10 Å². The van der Waals surface area contributed by atoms with Gasteiger partial charge in [-0.05, 0) is 154 Å². The van der Waals surface area contributed by atoms with Gasteiger partial charge in [0.15, 0.2) is 0 Å². The lowest BCUT2D eigenvalue weighted by atomic mass is 9.48. The predicted octanol–water partition coefficient (Wildman–Crippen LogP) is 8.51. The highest BCUT2D eigenvalue weighted by atomic mass is 16.5. The highest BCUT2D eigenvalue weighted by Crippen LogP contribution is 2.73. The van der Waals surface area contributed by atoms with Gasteiger partial charge < -0.3 is 4.74 Å². The van der Waals surface area contributed by atoms with Gasteiger partial charge >= 0.3 is 0 Å². The lowest BCUT2D eigenvalue weighted by Gasteiger charge is -2.57. The highest BCUT2D eigenvalue weighted by molar-refractivity contribution is 5.15. The van der Waals surface area contributed by atoms with Crippen molar-refractivity contribution < 1.29 is 4.74 Å². The van der Waals surface area contributed by atoms with Gasteiger partial charge in [0.25, 0.3) is 0 Å². The zero-order valence-electron chi connectivity index (χ0n) is 21.9. The molecule has 11 atom stereocenters. The van der Waals surface area contributed by atoms with Gasteiger partial charge in [0.1, 0.15) is 0 Å². The van der Waals surface area contributed by atoms with E-state index in [1.54, 1.807) is 89.9 Å². The van der Waals surface area contributed by atoms with E-state index in [-0.39, 0.29) is 0 Å². The lowest BCUT2D eigenvalue weighted by Crippen LogP contribution is -2.49. The third-order valence-corrected chi connectivity index (χ3v) is 13.8. The van der Waals surface area contributed by atoms with Crippen LogP contribution >= 0.6 is 0 Å². The quantitative estimate of drug-likeness (QED) is 0.417. The van der Waals surface area contributed by atoms with E-state index in [2.05, 4.69) is 6.92 Å². The number of hydrogen-bond donors (Lipinski definition) is 0. The molecule has 1 nitrogen and oxygen atoms in total. The van der Waals surface area contributed by atoms with Gasteiger partial charge in [0, 0.05) is 7.11 Å². The van der Waals surface area contributed by atoms with Crippen LogP contribution in [-0.2, 0) is 4.74 Å². The van der Waals surface area contributed by atoms with Crippen molar-refractivity contribution >= 4 is 0 Å². The highest BCUT2D eigenvalue weighted by Gasteiger charge is 2.66. The van der Waals surface area contributed by atoms with Crippen LogP contribution < -0.4 is 0 Å². The first-order valence-corrected chi connectivity index (χ1v) is 15.7. The first-order valence-electron chi connectivity index (χ1n) is 15.7. The molecule has 0 bridgehead atoms. The van der Waals surface area contributed by atoms with E-state index >= 15 is 0 Å². The Bertz CT molecular complexity index is 703. The molecule has 0 saturated heterocycles. The van der Waals surface area contributed by atoms with Crippen LogP contribution in [0.15, 0.2) is 0 Å². The topological polar surface area (TPSA) is 9.23 Å². The van der Waals surface area contributed by atoms with E-state index in [9.17, 15) is 0 Å². The predicted molar refractivity (Wildman–Crippen MR) is 136 cm³/mol. The summed E-state index contributed by atoms with van der Waals surface area (Å²) < 4.78 is 5.93. The summed E-state index contributed by atoms with van der Waals surface area (Å²) in [5, 5.41) is 0. The van der Waals surface area contributed by atoms with E-state index in [4.69, 9.17) is 4.74 Å². The molecule has 0 amide bonds. The molecule has 7 fully saturated rings. The zero-order chi connectivity index (χ0) is 22.2. The van der Waals surface area contributed by atoms with Crippen molar-refractivity contribution in [2.75, 3.05) is 7.11 Å². The standard InChI is InChI=1S/C32H52O/c1-20-8-12-25-21(18-20)9-13-27-29(25)30-26-15-11-24(33-2)19-22(26)10-14-28(30)31(27)32(16-5-17-32)23-6-3-4-7-23/h20-31H,3-19H2,1-2H3. The maximum Gasteiger partial charge on any atom is 0.0574 e. The summed E-state index contributed by atoms with van der Waals surface area (Å²) in [6.45, 7) is 2.56. The van der Waals surface area contributed by atoms with Crippen LogP contribution in [-0.4, -0.2) is 13.2 Å². The van der Waals surface area contributed by atoms with E-state index in [1.807, 2.05) is 7.11 Å². The Morgan fingerprint density at radius 1 is 0.606 bits per heavy atom. The fourth-order valence-corrected chi connectivity index (χ4v) is 12.7. The molecule has 0 aromatic rings. The Morgan fingerprint density at radius 3 is 1.82 bits per heavy atom. The summed E-state index contributed by atoms with van der Waals surface area (Å²) in [5.74, 6) is 12.0. The minimum Gasteiger partial charge on any atom is -0.381 e. The lowest BCUT2D eigenvalue weighted by molar-refractivity contribution is -0.0799. The van der Waals surface area contributed by atoms with Crippen molar-refractivity contribution in [3.63, 3.8) is 0 Å². The van der Waals surface area contributed by atoms with E-state index < -0.39 is 0 Å². The average molecular weight is 453 g/mol. The zero-order valence-corrected chi connectivity index (χ0v) is 21.9. The summed E-state index contributed by atoms with van der Waals surface area (Å²) in [5.41, 5.74) is 0.796. The van der Waals surface area contributed by atoms with Crippen LogP contribution in [0.2, 0.25) is 0 Å². The Hall–Kier alpha value is -0.0400. The van der Waals surface area contributed by atoms with Gasteiger partial charge in [-0.1, -0.05) is 32.6 Å². The fourth-order valence-electron chi connectivity index (χ4n) is 12.7. The first kappa shape index (κ1) is 22.2. The minimum atomic E-state index is 0.571. The molecule has 1 heteroatoms. The number of hydrogen-bond acceptors (Lipinski definition) is 1. The van der Waals surface area contributed by atoms with Gasteiger partial charge in [0.2, 0.25) is 0 Å². The molecule has 7 rings (SSSR count). The van der Waals surface area contributed by atoms with Crippen molar-refractivity contribution in [1.29, 1.82) is 0 Å². The summed E-state index contributed by atoms with van der Waals surface area (Å²) >= 11 is 0.